The van der Waals surface area contributed by atoms with E-state index in [0.717, 1.165) is 16.9 Å². The van der Waals surface area contributed by atoms with Gasteiger partial charge >= 0.3 is 0 Å². The van der Waals surface area contributed by atoms with Gasteiger partial charge < -0.3 is 9.84 Å². The summed E-state index contributed by atoms with van der Waals surface area (Å²) in [6.07, 6.45) is 0. The Hall–Kier alpha value is -1.96. The summed E-state index contributed by atoms with van der Waals surface area (Å²) in [6.45, 7) is 3.72. The molecule has 0 saturated carbocycles. The van der Waals surface area contributed by atoms with E-state index < -0.39 is 0 Å². The molecule has 0 radical (unpaired) electrons. The van der Waals surface area contributed by atoms with Gasteiger partial charge in [0.1, 0.15) is 17.2 Å². The molecule has 0 unspecified atom stereocenters. The normalized spacial score (nSPS) is 10.1. The van der Waals surface area contributed by atoms with Crippen molar-refractivity contribution in [2.45, 2.75) is 13.8 Å². The van der Waals surface area contributed by atoms with Crippen molar-refractivity contribution in [3.8, 4) is 17.2 Å². The highest BCUT2D eigenvalue weighted by molar-refractivity contribution is 5.49. The molecule has 0 atom stereocenters. The Balaban J connectivity index is 2.33. The average Bonchev–Trinajstić information content (AvgIpc) is 2.31. The zero-order valence-corrected chi connectivity index (χ0v) is 9.40. The highest BCUT2D eigenvalue weighted by atomic mass is 16.5. The van der Waals surface area contributed by atoms with Gasteiger partial charge in [0.05, 0.1) is 0 Å². The molecule has 2 aromatic rings. The number of para-hydroxylation sites is 1. The van der Waals surface area contributed by atoms with Gasteiger partial charge in [0, 0.05) is 5.56 Å². The van der Waals surface area contributed by atoms with E-state index in [4.69, 9.17) is 4.74 Å². The van der Waals surface area contributed by atoms with Crippen LogP contribution in [0.15, 0.2) is 42.5 Å². The first kappa shape index (κ1) is 10.6. The summed E-state index contributed by atoms with van der Waals surface area (Å²) in [4.78, 5) is 0. The van der Waals surface area contributed by atoms with Crippen molar-refractivity contribution in [3.63, 3.8) is 0 Å². The first-order valence-corrected chi connectivity index (χ1v) is 5.20. The van der Waals surface area contributed by atoms with Crippen LogP contribution in [0.4, 0.5) is 0 Å². The van der Waals surface area contributed by atoms with E-state index in [9.17, 15) is 5.11 Å². The quantitative estimate of drug-likeness (QED) is 0.823. The molecule has 2 heteroatoms. The Kier molecular flexibility index (Phi) is 2.82. The molecule has 0 aliphatic heterocycles. The van der Waals surface area contributed by atoms with Crippen LogP contribution in [0.5, 0.6) is 17.2 Å². The molecule has 1 N–H and O–H groups in total. The summed E-state index contributed by atoms with van der Waals surface area (Å²) in [5, 5.41) is 9.79. The topological polar surface area (TPSA) is 29.5 Å². The molecule has 2 aromatic carbocycles. The summed E-state index contributed by atoms with van der Waals surface area (Å²) in [5.74, 6) is 1.76. The zero-order valence-electron chi connectivity index (χ0n) is 9.40. The Morgan fingerprint density at radius 1 is 0.938 bits per heavy atom. The number of rotatable bonds is 2. The molecule has 0 aliphatic carbocycles. The largest absolute Gasteiger partial charge is 0.507 e. The smallest absolute Gasteiger partial charge is 0.134 e. The minimum absolute atomic E-state index is 0.299. The fourth-order valence-electron chi connectivity index (χ4n) is 1.54. The predicted octanol–water partition coefficient (Wildman–Crippen LogP) is 3.80. The standard InChI is InChI=1S/C14H14O2/c1-10-8-9-13(11(2)14(10)15)16-12-6-4-3-5-7-12/h3-9,15H,1-2H3. The van der Waals surface area contributed by atoms with Crippen molar-refractivity contribution >= 4 is 0 Å². The lowest BCUT2D eigenvalue weighted by atomic mass is 10.1. The van der Waals surface area contributed by atoms with Crippen molar-refractivity contribution in [2.75, 3.05) is 0 Å². The van der Waals surface area contributed by atoms with Crippen LogP contribution >= 0.6 is 0 Å². The van der Waals surface area contributed by atoms with Gasteiger partial charge in [-0.3, -0.25) is 0 Å². The van der Waals surface area contributed by atoms with Crippen LogP contribution in [0, 0.1) is 13.8 Å². The third-order valence-electron chi connectivity index (χ3n) is 2.55. The minimum Gasteiger partial charge on any atom is -0.507 e. The molecular weight excluding hydrogens is 200 g/mol. The summed E-state index contributed by atoms with van der Waals surface area (Å²) >= 11 is 0. The monoisotopic (exact) mass is 214 g/mol. The fourth-order valence-corrected chi connectivity index (χ4v) is 1.54. The summed E-state index contributed by atoms with van der Waals surface area (Å²) in [7, 11) is 0. The lowest BCUT2D eigenvalue weighted by molar-refractivity contribution is 0.445. The van der Waals surface area contributed by atoms with Crippen LogP contribution in [0.25, 0.3) is 0 Å². The van der Waals surface area contributed by atoms with E-state index in [0.29, 0.717) is 11.5 Å². The van der Waals surface area contributed by atoms with E-state index in [1.165, 1.54) is 0 Å². The van der Waals surface area contributed by atoms with Crippen LogP contribution in [-0.4, -0.2) is 5.11 Å². The second kappa shape index (κ2) is 4.27. The highest BCUT2D eigenvalue weighted by Gasteiger charge is 2.07. The lowest BCUT2D eigenvalue weighted by Gasteiger charge is -2.11. The minimum atomic E-state index is 0.299. The molecule has 2 nitrogen and oxygen atoms in total. The number of phenolic OH excluding ortho intramolecular Hbond substituents is 1. The number of hydrogen-bond acceptors (Lipinski definition) is 2. The van der Waals surface area contributed by atoms with Gasteiger partial charge in [-0.05, 0) is 37.6 Å². The Morgan fingerprint density at radius 3 is 2.31 bits per heavy atom. The van der Waals surface area contributed by atoms with Gasteiger partial charge in [0.15, 0.2) is 0 Å². The van der Waals surface area contributed by atoms with Crippen molar-refractivity contribution in [2.24, 2.45) is 0 Å². The number of phenols is 1. The molecule has 0 aliphatic rings. The maximum atomic E-state index is 9.79. The van der Waals surface area contributed by atoms with Gasteiger partial charge in [0.2, 0.25) is 0 Å². The zero-order chi connectivity index (χ0) is 11.5. The molecule has 0 fully saturated rings. The number of aryl methyl sites for hydroxylation is 1. The van der Waals surface area contributed by atoms with Crippen LogP contribution < -0.4 is 4.74 Å². The van der Waals surface area contributed by atoms with Crippen molar-refractivity contribution < 1.29 is 9.84 Å². The maximum Gasteiger partial charge on any atom is 0.134 e. The number of aromatic hydroxyl groups is 1. The molecule has 0 spiro atoms. The molecule has 16 heavy (non-hydrogen) atoms. The molecule has 0 saturated heterocycles. The SMILES string of the molecule is Cc1ccc(Oc2ccccc2)c(C)c1O. The second-order valence-electron chi connectivity index (χ2n) is 3.77. The third kappa shape index (κ3) is 2.01. The lowest BCUT2D eigenvalue weighted by Crippen LogP contribution is -1.89. The molecule has 0 aromatic heterocycles. The summed E-state index contributed by atoms with van der Waals surface area (Å²) in [6, 6.07) is 13.3. The van der Waals surface area contributed by atoms with E-state index in [-0.39, 0.29) is 0 Å². The van der Waals surface area contributed by atoms with E-state index >= 15 is 0 Å². The van der Waals surface area contributed by atoms with Gasteiger partial charge in [-0.25, -0.2) is 0 Å². The van der Waals surface area contributed by atoms with Crippen LogP contribution in [0.1, 0.15) is 11.1 Å². The first-order chi connectivity index (χ1) is 7.68. The van der Waals surface area contributed by atoms with E-state index in [2.05, 4.69) is 0 Å². The Labute approximate surface area is 95.1 Å². The molecule has 0 bridgehead atoms. The van der Waals surface area contributed by atoms with Crippen LogP contribution in [-0.2, 0) is 0 Å². The van der Waals surface area contributed by atoms with Gasteiger partial charge in [-0.1, -0.05) is 24.3 Å². The molecule has 2 rings (SSSR count). The number of hydrogen-bond donors (Lipinski definition) is 1. The van der Waals surface area contributed by atoms with Crippen molar-refractivity contribution in [1.82, 2.24) is 0 Å². The van der Waals surface area contributed by atoms with Gasteiger partial charge in [0.25, 0.3) is 0 Å². The number of benzene rings is 2. The van der Waals surface area contributed by atoms with E-state index in [1.54, 1.807) is 0 Å². The van der Waals surface area contributed by atoms with Gasteiger partial charge in [-0.2, -0.15) is 0 Å². The predicted molar refractivity (Wildman–Crippen MR) is 64.1 cm³/mol. The van der Waals surface area contributed by atoms with Gasteiger partial charge in [-0.15, -0.1) is 0 Å². The van der Waals surface area contributed by atoms with Crippen LogP contribution in [0.3, 0.4) is 0 Å². The highest BCUT2D eigenvalue weighted by Crippen LogP contribution is 2.32. The number of ether oxygens (including phenoxy) is 1. The average molecular weight is 214 g/mol. The molecule has 0 amide bonds. The van der Waals surface area contributed by atoms with E-state index in [1.807, 2.05) is 56.3 Å². The fraction of sp³-hybridized carbons (Fsp3) is 0.143. The van der Waals surface area contributed by atoms with Crippen molar-refractivity contribution in [3.05, 3.63) is 53.6 Å². The first-order valence-electron chi connectivity index (χ1n) is 5.20. The Bertz CT molecular complexity index is 490. The third-order valence-corrected chi connectivity index (χ3v) is 2.55. The van der Waals surface area contributed by atoms with Crippen molar-refractivity contribution in [1.29, 1.82) is 0 Å². The summed E-state index contributed by atoms with van der Waals surface area (Å²) in [5.41, 5.74) is 1.63. The maximum absolute atomic E-state index is 9.79. The molecular formula is C14H14O2. The molecule has 0 heterocycles. The van der Waals surface area contributed by atoms with Crippen LogP contribution in [0.2, 0.25) is 0 Å². The summed E-state index contributed by atoms with van der Waals surface area (Å²) < 4.78 is 5.68. The Morgan fingerprint density at radius 2 is 1.62 bits per heavy atom. The molecule has 82 valence electrons. The second-order valence-corrected chi connectivity index (χ2v) is 3.77.